The lowest BCUT2D eigenvalue weighted by Crippen LogP contribution is -2.41. The molecule has 2 fully saturated rings. The predicted molar refractivity (Wildman–Crippen MR) is 77.0 cm³/mol. The molecule has 1 aliphatic heterocycles. The Morgan fingerprint density at radius 2 is 2.06 bits per heavy atom. The van der Waals surface area contributed by atoms with Gasteiger partial charge in [-0.15, -0.1) is 0 Å². The summed E-state index contributed by atoms with van der Waals surface area (Å²) in [5, 5.41) is 4.51. The number of amidine groups is 1. The van der Waals surface area contributed by atoms with E-state index in [1.165, 1.54) is 25.7 Å². The number of nitrogens with zero attached hydrogens (tertiary/aromatic N) is 2. The average molecular weight is 269 g/mol. The third kappa shape index (κ3) is 2.99. The van der Waals surface area contributed by atoms with Crippen LogP contribution in [0.15, 0.2) is 4.99 Å². The highest BCUT2D eigenvalue weighted by molar-refractivity contribution is 8.14. The first-order valence-corrected chi connectivity index (χ1v) is 7.91. The molecule has 0 atom stereocenters. The maximum absolute atomic E-state index is 11.9. The summed E-state index contributed by atoms with van der Waals surface area (Å²) < 4.78 is 0. The SMILES string of the molecule is CCN(CC)C(=O)CN=C1NC2(CCCC2)CS1. The lowest BCUT2D eigenvalue weighted by atomic mass is 10.0. The molecule has 0 aromatic heterocycles. The molecule has 0 aromatic carbocycles. The second kappa shape index (κ2) is 5.95. The molecule has 2 aliphatic rings. The monoisotopic (exact) mass is 269 g/mol. The lowest BCUT2D eigenvalue weighted by Gasteiger charge is -2.22. The van der Waals surface area contributed by atoms with Crippen LogP contribution in [-0.4, -0.2) is 46.9 Å². The van der Waals surface area contributed by atoms with Crippen molar-refractivity contribution in [1.82, 2.24) is 10.2 Å². The smallest absolute Gasteiger partial charge is 0.244 e. The first kappa shape index (κ1) is 13.7. The zero-order valence-corrected chi connectivity index (χ0v) is 12.2. The quantitative estimate of drug-likeness (QED) is 0.847. The van der Waals surface area contributed by atoms with Gasteiger partial charge in [0.05, 0.1) is 0 Å². The number of amides is 1. The fourth-order valence-electron chi connectivity index (χ4n) is 2.73. The number of carbonyl (C=O) groups excluding carboxylic acids is 1. The van der Waals surface area contributed by atoms with Gasteiger partial charge in [0.15, 0.2) is 5.17 Å². The third-order valence-corrected chi connectivity index (χ3v) is 5.09. The van der Waals surface area contributed by atoms with Crippen molar-refractivity contribution in [1.29, 1.82) is 0 Å². The zero-order chi connectivity index (χ0) is 13.0. The van der Waals surface area contributed by atoms with Crippen LogP contribution in [0.5, 0.6) is 0 Å². The molecule has 1 saturated carbocycles. The van der Waals surface area contributed by atoms with Gasteiger partial charge in [0, 0.05) is 24.4 Å². The molecule has 5 heteroatoms. The van der Waals surface area contributed by atoms with Gasteiger partial charge >= 0.3 is 0 Å². The Labute approximate surface area is 114 Å². The zero-order valence-electron chi connectivity index (χ0n) is 11.4. The maximum atomic E-state index is 11.9. The van der Waals surface area contributed by atoms with Crippen LogP contribution in [0.1, 0.15) is 39.5 Å². The highest BCUT2D eigenvalue weighted by Gasteiger charge is 2.39. The van der Waals surface area contributed by atoms with Crippen LogP contribution >= 0.6 is 11.8 Å². The molecule has 102 valence electrons. The largest absolute Gasteiger partial charge is 0.359 e. The number of nitrogens with one attached hydrogen (secondary N) is 1. The minimum Gasteiger partial charge on any atom is -0.359 e. The Bertz CT molecular complexity index is 333. The van der Waals surface area contributed by atoms with Crippen molar-refractivity contribution < 1.29 is 4.79 Å². The molecule has 2 rings (SSSR count). The molecular formula is C13H23N3OS. The molecule has 1 aliphatic carbocycles. The summed E-state index contributed by atoms with van der Waals surface area (Å²) in [5.74, 6) is 1.24. The highest BCUT2D eigenvalue weighted by atomic mass is 32.2. The molecular weight excluding hydrogens is 246 g/mol. The van der Waals surface area contributed by atoms with E-state index in [0.29, 0.717) is 5.54 Å². The van der Waals surface area contributed by atoms with Crippen molar-refractivity contribution in [2.24, 2.45) is 4.99 Å². The van der Waals surface area contributed by atoms with Crippen molar-refractivity contribution in [3.63, 3.8) is 0 Å². The van der Waals surface area contributed by atoms with Gasteiger partial charge in [0.2, 0.25) is 5.91 Å². The van der Waals surface area contributed by atoms with E-state index in [9.17, 15) is 4.79 Å². The molecule has 1 amide bonds. The van der Waals surface area contributed by atoms with E-state index in [2.05, 4.69) is 10.3 Å². The van der Waals surface area contributed by atoms with Crippen LogP contribution in [0.25, 0.3) is 0 Å². The predicted octanol–water partition coefficient (Wildman–Crippen LogP) is 1.86. The number of rotatable bonds is 4. The van der Waals surface area contributed by atoms with E-state index < -0.39 is 0 Å². The van der Waals surface area contributed by atoms with E-state index in [-0.39, 0.29) is 12.5 Å². The lowest BCUT2D eigenvalue weighted by molar-refractivity contribution is -0.129. The van der Waals surface area contributed by atoms with Crippen molar-refractivity contribution in [3.8, 4) is 0 Å². The normalized spacial score (nSPS) is 23.6. The number of hydrogen-bond donors (Lipinski definition) is 1. The van der Waals surface area contributed by atoms with Gasteiger partial charge in [-0.1, -0.05) is 24.6 Å². The standard InChI is InChI=1S/C13H23N3OS/c1-3-16(4-2)11(17)9-14-12-15-13(10-18-12)7-5-6-8-13/h3-10H2,1-2H3,(H,14,15). The molecule has 1 heterocycles. The maximum Gasteiger partial charge on any atom is 0.244 e. The summed E-state index contributed by atoms with van der Waals surface area (Å²) >= 11 is 1.78. The summed E-state index contributed by atoms with van der Waals surface area (Å²) in [7, 11) is 0. The Balaban J connectivity index is 1.85. The van der Waals surface area contributed by atoms with Crippen LogP contribution in [0.4, 0.5) is 0 Å². The van der Waals surface area contributed by atoms with Gasteiger partial charge in [-0.25, -0.2) is 0 Å². The van der Waals surface area contributed by atoms with Gasteiger partial charge in [0.1, 0.15) is 6.54 Å². The molecule has 0 unspecified atom stereocenters. The average Bonchev–Trinajstić information content (AvgIpc) is 2.99. The molecule has 1 N–H and O–H groups in total. The summed E-state index contributed by atoms with van der Waals surface area (Å²) in [6.07, 6.45) is 5.14. The summed E-state index contributed by atoms with van der Waals surface area (Å²) in [4.78, 5) is 18.1. The second-order valence-electron chi connectivity index (χ2n) is 5.09. The molecule has 1 saturated heterocycles. The van der Waals surface area contributed by atoms with E-state index in [4.69, 9.17) is 0 Å². The summed E-state index contributed by atoms with van der Waals surface area (Å²) in [6, 6.07) is 0. The van der Waals surface area contributed by atoms with Crippen LogP contribution in [0.2, 0.25) is 0 Å². The van der Waals surface area contributed by atoms with Crippen molar-refractivity contribution in [2.75, 3.05) is 25.4 Å². The van der Waals surface area contributed by atoms with Crippen LogP contribution in [0.3, 0.4) is 0 Å². The number of hydrogen-bond acceptors (Lipinski definition) is 3. The van der Waals surface area contributed by atoms with E-state index in [0.717, 1.165) is 24.0 Å². The Morgan fingerprint density at radius 3 is 2.67 bits per heavy atom. The molecule has 4 nitrogen and oxygen atoms in total. The van der Waals surface area contributed by atoms with E-state index >= 15 is 0 Å². The number of carbonyl (C=O) groups is 1. The minimum absolute atomic E-state index is 0.127. The van der Waals surface area contributed by atoms with Gasteiger partial charge < -0.3 is 10.2 Å². The van der Waals surface area contributed by atoms with Crippen molar-refractivity contribution in [2.45, 2.75) is 45.1 Å². The van der Waals surface area contributed by atoms with Gasteiger partial charge in [0.25, 0.3) is 0 Å². The molecule has 1 spiro atoms. The van der Waals surface area contributed by atoms with E-state index in [1.807, 2.05) is 18.7 Å². The minimum atomic E-state index is 0.127. The first-order valence-electron chi connectivity index (χ1n) is 6.92. The summed E-state index contributed by atoms with van der Waals surface area (Å²) in [6.45, 7) is 5.83. The Hall–Kier alpha value is -0.710. The fourth-order valence-corrected chi connectivity index (χ4v) is 3.95. The van der Waals surface area contributed by atoms with Gasteiger partial charge in [-0.05, 0) is 26.7 Å². The molecule has 0 aromatic rings. The van der Waals surface area contributed by atoms with Crippen LogP contribution < -0.4 is 5.32 Å². The number of aliphatic imine (C=N–C) groups is 1. The number of likely N-dealkylation sites (N-methyl/N-ethyl adjacent to an activating group) is 1. The third-order valence-electron chi connectivity index (χ3n) is 3.89. The first-order chi connectivity index (χ1) is 8.69. The topological polar surface area (TPSA) is 44.7 Å². The van der Waals surface area contributed by atoms with Crippen LogP contribution in [0, 0.1) is 0 Å². The van der Waals surface area contributed by atoms with Crippen molar-refractivity contribution >= 4 is 22.8 Å². The molecule has 0 radical (unpaired) electrons. The molecule has 0 bridgehead atoms. The van der Waals surface area contributed by atoms with Crippen LogP contribution in [-0.2, 0) is 4.79 Å². The molecule has 18 heavy (non-hydrogen) atoms. The van der Waals surface area contributed by atoms with Crippen molar-refractivity contribution in [3.05, 3.63) is 0 Å². The Kier molecular flexibility index (Phi) is 4.54. The highest BCUT2D eigenvalue weighted by Crippen LogP contribution is 2.37. The Morgan fingerprint density at radius 1 is 1.39 bits per heavy atom. The van der Waals surface area contributed by atoms with Gasteiger partial charge in [-0.3, -0.25) is 9.79 Å². The summed E-state index contributed by atoms with van der Waals surface area (Å²) in [5.41, 5.74) is 0.293. The van der Waals surface area contributed by atoms with Gasteiger partial charge in [-0.2, -0.15) is 0 Å². The fraction of sp³-hybridized carbons (Fsp3) is 0.846. The van der Waals surface area contributed by atoms with E-state index in [1.54, 1.807) is 11.8 Å². The second-order valence-corrected chi connectivity index (χ2v) is 6.05. The number of thioether (sulfide) groups is 1.